The number of rotatable bonds is 3. The second-order valence-electron chi connectivity index (χ2n) is 4.55. The van der Waals surface area contributed by atoms with E-state index in [1.54, 1.807) is 4.90 Å². The first kappa shape index (κ1) is 13.7. The van der Waals surface area contributed by atoms with Crippen LogP contribution in [0, 0.1) is 0 Å². The van der Waals surface area contributed by atoms with Crippen LogP contribution in [-0.4, -0.2) is 69.3 Å². The summed E-state index contributed by atoms with van der Waals surface area (Å²) < 4.78 is 27.2. The highest BCUT2D eigenvalue weighted by atomic mass is 32.2. The van der Waals surface area contributed by atoms with E-state index in [0.29, 0.717) is 26.1 Å². The number of nitrogens with one attached hydrogen (secondary N) is 2. The lowest BCUT2D eigenvalue weighted by Crippen LogP contribution is -2.54. The number of hydrogen-bond acceptors (Lipinski definition) is 4. The molecule has 0 bridgehead atoms. The molecule has 0 aliphatic carbocycles. The largest absolute Gasteiger partial charge is 0.339 e. The van der Waals surface area contributed by atoms with Crippen LogP contribution in [0.1, 0.15) is 12.8 Å². The van der Waals surface area contributed by atoms with Crippen molar-refractivity contribution in [3.05, 3.63) is 0 Å². The molecule has 0 aromatic heterocycles. The van der Waals surface area contributed by atoms with Crippen LogP contribution < -0.4 is 10.0 Å². The number of nitrogens with zero attached hydrogens (tertiary/aromatic N) is 2. The van der Waals surface area contributed by atoms with Crippen LogP contribution in [0.5, 0.6) is 0 Å². The van der Waals surface area contributed by atoms with Gasteiger partial charge in [-0.2, -0.15) is 12.7 Å². The average Bonchev–Trinajstić information content (AvgIpc) is 2.89. The fourth-order valence-corrected chi connectivity index (χ4v) is 3.62. The lowest BCUT2D eigenvalue weighted by atomic mass is 10.2. The van der Waals surface area contributed by atoms with Crippen molar-refractivity contribution < 1.29 is 13.2 Å². The third-order valence-electron chi connectivity index (χ3n) is 3.48. The SMILES string of the molecule is CNS(=O)(=O)N1CCCC1C(=O)N1CCNCC1. The minimum Gasteiger partial charge on any atom is -0.339 e. The second kappa shape index (κ2) is 5.52. The summed E-state index contributed by atoms with van der Waals surface area (Å²) >= 11 is 0. The smallest absolute Gasteiger partial charge is 0.279 e. The molecule has 1 unspecified atom stereocenters. The molecule has 2 N–H and O–H groups in total. The highest BCUT2D eigenvalue weighted by molar-refractivity contribution is 7.87. The third-order valence-corrected chi connectivity index (χ3v) is 5.05. The normalized spacial score (nSPS) is 26.5. The summed E-state index contributed by atoms with van der Waals surface area (Å²) in [5.74, 6) is -0.0622. The highest BCUT2D eigenvalue weighted by Crippen LogP contribution is 2.22. The Morgan fingerprint density at radius 3 is 2.56 bits per heavy atom. The Morgan fingerprint density at radius 1 is 1.28 bits per heavy atom. The van der Waals surface area contributed by atoms with Crippen molar-refractivity contribution in [3.8, 4) is 0 Å². The molecule has 2 saturated heterocycles. The number of carbonyl (C=O) groups is 1. The minimum atomic E-state index is -3.51. The summed E-state index contributed by atoms with van der Waals surface area (Å²) in [4.78, 5) is 14.1. The Balaban J connectivity index is 2.09. The zero-order valence-electron chi connectivity index (χ0n) is 10.6. The number of amides is 1. The molecule has 2 heterocycles. The molecule has 0 aromatic carbocycles. The maximum atomic E-state index is 12.3. The van der Waals surface area contributed by atoms with E-state index >= 15 is 0 Å². The summed E-state index contributed by atoms with van der Waals surface area (Å²) in [5, 5.41) is 3.17. The van der Waals surface area contributed by atoms with E-state index in [2.05, 4.69) is 10.0 Å². The molecule has 0 spiro atoms. The van der Waals surface area contributed by atoms with Gasteiger partial charge in [0.15, 0.2) is 0 Å². The molecule has 2 aliphatic heterocycles. The monoisotopic (exact) mass is 276 g/mol. The quantitative estimate of drug-likeness (QED) is 0.647. The van der Waals surface area contributed by atoms with Crippen molar-refractivity contribution in [2.45, 2.75) is 18.9 Å². The number of piperazine rings is 1. The summed E-state index contributed by atoms with van der Waals surface area (Å²) in [5.41, 5.74) is 0. The predicted octanol–water partition coefficient (Wildman–Crippen LogP) is -1.65. The maximum Gasteiger partial charge on any atom is 0.279 e. The topological polar surface area (TPSA) is 81.8 Å². The van der Waals surface area contributed by atoms with Gasteiger partial charge in [-0.25, -0.2) is 4.72 Å². The molecule has 8 heteroatoms. The van der Waals surface area contributed by atoms with Crippen LogP contribution in [0.2, 0.25) is 0 Å². The van der Waals surface area contributed by atoms with Crippen LogP contribution in [0.3, 0.4) is 0 Å². The van der Waals surface area contributed by atoms with E-state index < -0.39 is 16.3 Å². The van der Waals surface area contributed by atoms with Crippen LogP contribution in [0.25, 0.3) is 0 Å². The van der Waals surface area contributed by atoms with Gasteiger partial charge in [0.05, 0.1) is 0 Å². The first-order valence-electron chi connectivity index (χ1n) is 6.26. The maximum absolute atomic E-state index is 12.3. The van der Waals surface area contributed by atoms with E-state index in [-0.39, 0.29) is 5.91 Å². The molecule has 7 nitrogen and oxygen atoms in total. The zero-order valence-corrected chi connectivity index (χ0v) is 11.4. The predicted molar refractivity (Wildman–Crippen MR) is 67.2 cm³/mol. The number of hydrogen-bond donors (Lipinski definition) is 2. The Kier molecular flexibility index (Phi) is 4.21. The van der Waals surface area contributed by atoms with Crippen molar-refractivity contribution in [2.75, 3.05) is 39.8 Å². The van der Waals surface area contributed by atoms with E-state index in [0.717, 1.165) is 19.5 Å². The molecular formula is C10H20N4O3S. The molecule has 2 aliphatic rings. The Labute approximate surface area is 108 Å². The van der Waals surface area contributed by atoms with Crippen LogP contribution in [-0.2, 0) is 15.0 Å². The molecule has 0 aromatic rings. The molecular weight excluding hydrogens is 256 g/mol. The van der Waals surface area contributed by atoms with Crippen molar-refractivity contribution in [1.29, 1.82) is 0 Å². The fourth-order valence-electron chi connectivity index (χ4n) is 2.49. The molecule has 104 valence electrons. The first-order chi connectivity index (χ1) is 8.56. The van der Waals surface area contributed by atoms with E-state index in [4.69, 9.17) is 0 Å². The molecule has 1 amide bonds. The summed E-state index contributed by atoms with van der Waals surface area (Å²) in [7, 11) is -2.14. The Hall–Kier alpha value is -0.700. The van der Waals surface area contributed by atoms with Crippen LogP contribution in [0.15, 0.2) is 0 Å². The van der Waals surface area contributed by atoms with E-state index in [9.17, 15) is 13.2 Å². The van der Waals surface area contributed by atoms with Gasteiger partial charge in [-0.3, -0.25) is 4.79 Å². The van der Waals surface area contributed by atoms with E-state index in [1.807, 2.05) is 0 Å². The highest BCUT2D eigenvalue weighted by Gasteiger charge is 2.39. The zero-order chi connectivity index (χ0) is 13.2. The van der Waals surface area contributed by atoms with Gasteiger partial charge in [-0.05, 0) is 12.8 Å². The standard InChI is InChI=1S/C10H20N4O3S/c1-11-18(16,17)14-6-2-3-9(14)10(15)13-7-4-12-5-8-13/h9,11-12H,2-8H2,1H3. The van der Waals surface area contributed by atoms with Gasteiger partial charge < -0.3 is 10.2 Å². The molecule has 0 radical (unpaired) electrons. The Morgan fingerprint density at radius 2 is 1.94 bits per heavy atom. The van der Waals surface area contributed by atoms with Gasteiger partial charge in [-0.15, -0.1) is 0 Å². The first-order valence-corrected chi connectivity index (χ1v) is 7.70. The van der Waals surface area contributed by atoms with Gasteiger partial charge in [0.2, 0.25) is 5.91 Å². The lowest BCUT2D eigenvalue weighted by molar-refractivity contribution is -0.135. The summed E-state index contributed by atoms with van der Waals surface area (Å²) in [6.45, 7) is 3.28. The van der Waals surface area contributed by atoms with Crippen LogP contribution >= 0.6 is 0 Å². The summed E-state index contributed by atoms with van der Waals surface area (Å²) in [6, 6.07) is -0.527. The van der Waals surface area contributed by atoms with Crippen molar-refractivity contribution in [3.63, 3.8) is 0 Å². The Bertz CT molecular complexity index is 405. The van der Waals surface area contributed by atoms with Crippen molar-refractivity contribution in [1.82, 2.24) is 19.2 Å². The van der Waals surface area contributed by atoms with Crippen LogP contribution in [0.4, 0.5) is 0 Å². The molecule has 0 saturated carbocycles. The third kappa shape index (κ3) is 2.66. The van der Waals surface area contributed by atoms with Crippen molar-refractivity contribution >= 4 is 16.1 Å². The van der Waals surface area contributed by atoms with Gasteiger partial charge >= 0.3 is 0 Å². The minimum absolute atomic E-state index is 0.0622. The molecule has 2 rings (SSSR count). The van der Waals surface area contributed by atoms with Gasteiger partial charge in [0, 0.05) is 39.8 Å². The van der Waals surface area contributed by atoms with E-state index in [1.165, 1.54) is 11.4 Å². The van der Waals surface area contributed by atoms with Gasteiger partial charge in [0.1, 0.15) is 6.04 Å². The fraction of sp³-hybridized carbons (Fsp3) is 0.900. The summed E-state index contributed by atoms with van der Waals surface area (Å²) in [6.07, 6.45) is 1.35. The van der Waals surface area contributed by atoms with Gasteiger partial charge in [-0.1, -0.05) is 0 Å². The second-order valence-corrected chi connectivity index (χ2v) is 6.38. The molecule has 1 atom stereocenters. The average molecular weight is 276 g/mol. The molecule has 18 heavy (non-hydrogen) atoms. The van der Waals surface area contributed by atoms with Gasteiger partial charge in [0.25, 0.3) is 10.2 Å². The lowest BCUT2D eigenvalue weighted by Gasteiger charge is -2.32. The molecule has 2 fully saturated rings. The van der Waals surface area contributed by atoms with Crippen molar-refractivity contribution in [2.24, 2.45) is 0 Å². The number of carbonyl (C=O) groups excluding carboxylic acids is 1.